The molecule has 0 heterocycles. The molecule has 0 saturated heterocycles. The van der Waals surface area contributed by atoms with Crippen LogP contribution < -0.4 is 18.9 Å². The van der Waals surface area contributed by atoms with Crippen LogP contribution in [0.15, 0.2) is 119 Å². The molecule has 0 aliphatic heterocycles. The van der Waals surface area contributed by atoms with Crippen LogP contribution in [0, 0.1) is 0 Å². The van der Waals surface area contributed by atoms with Gasteiger partial charge in [-0.1, -0.05) is 122 Å². The first-order chi connectivity index (χ1) is 33.8. The molecule has 0 unspecified atom stereocenters. The van der Waals surface area contributed by atoms with Gasteiger partial charge in [0.05, 0.1) is 24.3 Å². The molecule has 6 aromatic carbocycles. The summed E-state index contributed by atoms with van der Waals surface area (Å²) in [5, 5.41) is 25.0. The van der Waals surface area contributed by atoms with Gasteiger partial charge in [-0.25, -0.2) is 9.59 Å². The zero-order chi connectivity index (χ0) is 48.5. The summed E-state index contributed by atoms with van der Waals surface area (Å²) >= 11 is 0. The summed E-state index contributed by atoms with van der Waals surface area (Å²) in [5.41, 5.74) is 1.94. The predicted molar refractivity (Wildman–Crippen MR) is 280 cm³/mol. The summed E-state index contributed by atoms with van der Waals surface area (Å²) in [4.78, 5) is 34.9. The standard InChI is InChI=1S/C59H70N2O8/c1-3-5-7-9-14-18-34-66-52-28-24-44-36-48(22-20-46(44)38-52)58(64)68-54-30-26-50(56(62)40-54)42-60-32-16-12-11-13-17-33-61-43-51-27-31-55(41-57(51)63)69-59(65)49-23-21-47-39-53(29-25-45(47)37-49)67-35-19-15-10-8-6-4-2/h20-31,36-43,62-63H,3-19,32-35H2,1-2H3. The van der Waals surface area contributed by atoms with E-state index in [1.54, 1.807) is 61.0 Å². The van der Waals surface area contributed by atoms with Crippen molar-refractivity contribution >= 4 is 45.9 Å². The van der Waals surface area contributed by atoms with Gasteiger partial charge in [0.1, 0.15) is 34.5 Å². The number of carbonyl (C=O) groups is 2. The molecular weight excluding hydrogens is 865 g/mol. The fourth-order valence-electron chi connectivity index (χ4n) is 8.01. The summed E-state index contributed by atoms with van der Waals surface area (Å²) in [7, 11) is 0. The van der Waals surface area contributed by atoms with Crippen LogP contribution in [0.25, 0.3) is 21.5 Å². The fourth-order valence-corrected chi connectivity index (χ4v) is 8.01. The van der Waals surface area contributed by atoms with Crippen molar-refractivity contribution in [3.63, 3.8) is 0 Å². The summed E-state index contributed by atoms with van der Waals surface area (Å²) < 4.78 is 23.1. The number of aromatic hydroxyl groups is 2. The first-order valence-electron chi connectivity index (χ1n) is 25.2. The molecule has 6 aromatic rings. The molecule has 0 fully saturated rings. The lowest BCUT2D eigenvalue weighted by atomic mass is 10.1. The Morgan fingerprint density at radius 3 is 1.20 bits per heavy atom. The van der Waals surface area contributed by atoms with E-state index in [4.69, 9.17) is 18.9 Å². The maximum Gasteiger partial charge on any atom is 0.343 e. The van der Waals surface area contributed by atoms with Crippen LogP contribution in [-0.2, 0) is 0 Å². The number of fused-ring (bicyclic) bond motifs is 2. The monoisotopic (exact) mass is 935 g/mol. The molecule has 0 saturated carbocycles. The molecule has 0 amide bonds. The number of aliphatic imine (C=N–C) groups is 2. The summed E-state index contributed by atoms with van der Waals surface area (Å²) in [6.07, 6.45) is 22.8. The van der Waals surface area contributed by atoms with Gasteiger partial charge in [0, 0.05) is 48.8 Å². The van der Waals surface area contributed by atoms with E-state index in [1.807, 2.05) is 48.5 Å². The lowest BCUT2D eigenvalue weighted by Gasteiger charge is -2.09. The highest BCUT2D eigenvalue weighted by molar-refractivity contribution is 5.98. The van der Waals surface area contributed by atoms with Gasteiger partial charge in [-0.15, -0.1) is 0 Å². The molecule has 0 aromatic heterocycles. The van der Waals surface area contributed by atoms with Gasteiger partial charge in [-0.05, 0) is 120 Å². The van der Waals surface area contributed by atoms with Crippen molar-refractivity contribution in [1.29, 1.82) is 0 Å². The third-order valence-electron chi connectivity index (χ3n) is 12.1. The topological polar surface area (TPSA) is 136 Å². The second-order valence-corrected chi connectivity index (χ2v) is 17.7. The van der Waals surface area contributed by atoms with Crippen molar-refractivity contribution in [2.45, 2.75) is 123 Å². The smallest absolute Gasteiger partial charge is 0.343 e. The third kappa shape index (κ3) is 17.4. The normalized spacial score (nSPS) is 11.5. The van der Waals surface area contributed by atoms with E-state index in [-0.39, 0.29) is 23.0 Å². The Bertz CT molecular complexity index is 2440. The zero-order valence-corrected chi connectivity index (χ0v) is 40.6. The zero-order valence-electron chi connectivity index (χ0n) is 40.6. The summed E-state index contributed by atoms with van der Waals surface area (Å²) in [6, 6.07) is 32.2. The Kier molecular flexibility index (Phi) is 21.4. The van der Waals surface area contributed by atoms with E-state index in [2.05, 4.69) is 23.8 Å². The quantitative estimate of drug-likeness (QED) is 0.0197. The number of benzene rings is 6. The first-order valence-corrected chi connectivity index (χ1v) is 25.2. The Hall–Kier alpha value is -6.68. The van der Waals surface area contributed by atoms with E-state index in [0.717, 1.165) is 78.0 Å². The maximum absolute atomic E-state index is 13.0. The van der Waals surface area contributed by atoms with Crippen LogP contribution in [-0.4, -0.2) is 60.9 Å². The van der Waals surface area contributed by atoms with Crippen LogP contribution in [0.5, 0.6) is 34.5 Å². The predicted octanol–water partition coefficient (Wildman–Crippen LogP) is 14.8. The van der Waals surface area contributed by atoms with E-state index in [1.165, 1.54) is 76.3 Å². The Balaban J connectivity index is 0.830. The second kappa shape index (κ2) is 28.6. The Labute approximate surface area is 408 Å². The number of hydrogen-bond donors (Lipinski definition) is 2. The number of phenolic OH excluding ortho intramolecular Hbond substituents is 2. The van der Waals surface area contributed by atoms with E-state index in [9.17, 15) is 19.8 Å². The molecular formula is C59H70N2O8. The van der Waals surface area contributed by atoms with Crippen LogP contribution in [0.2, 0.25) is 0 Å². The Morgan fingerprint density at radius 2 is 0.783 bits per heavy atom. The largest absolute Gasteiger partial charge is 0.507 e. The average molecular weight is 935 g/mol. The molecule has 0 aliphatic carbocycles. The SMILES string of the molecule is CCCCCCCCOc1ccc2cc(C(=O)Oc3ccc(C=NCCCCCCCN=Cc4ccc(OC(=O)c5ccc6cc(OCCCCCCCC)ccc6c5)cc4O)c(O)c3)ccc2c1. The number of hydrogen-bond acceptors (Lipinski definition) is 10. The van der Waals surface area contributed by atoms with Gasteiger partial charge in [0.2, 0.25) is 0 Å². The van der Waals surface area contributed by atoms with Gasteiger partial charge in [-0.3, -0.25) is 9.98 Å². The molecule has 10 heteroatoms. The molecule has 0 aliphatic rings. The molecule has 2 N–H and O–H groups in total. The molecule has 0 atom stereocenters. The number of phenols is 2. The minimum Gasteiger partial charge on any atom is -0.507 e. The van der Waals surface area contributed by atoms with Crippen molar-refractivity contribution in [3.05, 3.63) is 131 Å². The van der Waals surface area contributed by atoms with Crippen molar-refractivity contribution in [3.8, 4) is 34.5 Å². The highest BCUT2D eigenvalue weighted by atomic mass is 16.5. The molecule has 0 bridgehead atoms. The number of rotatable bonds is 30. The number of nitrogens with zero attached hydrogens (tertiary/aromatic N) is 2. The minimum atomic E-state index is -0.504. The lowest BCUT2D eigenvalue weighted by Crippen LogP contribution is -2.08. The van der Waals surface area contributed by atoms with Gasteiger partial charge < -0.3 is 29.2 Å². The summed E-state index contributed by atoms with van der Waals surface area (Å²) in [6.45, 7) is 7.10. The van der Waals surface area contributed by atoms with Crippen LogP contribution in [0.4, 0.5) is 0 Å². The van der Waals surface area contributed by atoms with Crippen molar-refractivity contribution in [2.75, 3.05) is 26.3 Å². The lowest BCUT2D eigenvalue weighted by molar-refractivity contribution is 0.0725. The molecule has 69 heavy (non-hydrogen) atoms. The maximum atomic E-state index is 13.0. The van der Waals surface area contributed by atoms with Crippen LogP contribution in [0.1, 0.15) is 155 Å². The third-order valence-corrected chi connectivity index (χ3v) is 12.1. The highest BCUT2D eigenvalue weighted by Crippen LogP contribution is 2.28. The number of carbonyl (C=O) groups excluding carboxylic acids is 2. The number of ether oxygens (including phenoxy) is 4. The van der Waals surface area contributed by atoms with E-state index >= 15 is 0 Å². The van der Waals surface area contributed by atoms with Gasteiger partial charge in [-0.2, -0.15) is 0 Å². The summed E-state index contributed by atoms with van der Waals surface area (Å²) in [5.74, 6) is 1.11. The van der Waals surface area contributed by atoms with Gasteiger partial charge >= 0.3 is 11.9 Å². The molecule has 364 valence electrons. The van der Waals surface area contributed by atoms with Gasteiger partial charge in [0.15, 0.2) is 0 Å². The van der Waals surface area contributed by atoms with Gasteiger partial charge in [0.25, 0.3) is 0 Å². The van der Waals surface area contributed by atoms with Crippen molar-refractivity contribution < 1.29 is 38.7 Å². The van der Waals surface area contributed by atoms with E-state index in [0.29, 0.717) is 48.6 Å². The van der Waals surface area contributed by atoms with Crippen LogP contribution >= 0.6 is 0 Å². The average Bonchev–Trinajstić information content (AvgIpc) is 3.35. The second-order valence-electron chi connectivity index (χ2n) is 17.7. The minimum absolute atomic E-state index is 0.0139. The highest BCUT2D eigenvalue weighted by Gasteiger charge is 2.14. The fraction of sp³-hybridized carbons (Fsp3) is 0.390. The number of unbranched alkanes of at least 4 members (excludes halogenated alkanes) is 14. The molecule has 6 rings (SSSR count). The first kappa shape index (κ1) is 51.7. The Morgan fingerprint density at radius 1 is 0.420 bits per heavy atom. The van der Waals surface area contributed by atoms with E-state index < -0.39 is 11.9 Å². The van der Waals surface area contributed by atoms with Crippen LogP contribution in [0.3, 0.4) is 0 Å². The van der Waals surface area contributed by atoms with Crippen molar-refractivity contribution in [2.24, 2.45) is 9.98 Å². The van der Waals surface area contributed by atoms with Crippen molar-refractivity contribution in [1.82, 2.24) is 0 Å². The molecule has 10 nitrogen and oxygen atoms in total. The molecule has 0 spiro atoms. The molecule has 0 radical (unpaired) electrons. The number of esters is 2.